The first-order valence-corrected chi connectivity index (χ1v) is 8.13. The Kier molecular flexibility index (Phi) is 6.98. The Bertz CT molecular complexity index is 714. The number of hydrogen-bond acceptors (Lipinski definition) is 5. The second-order valence-corrected chi connectivity index (χ2v) is 5.37. The SMILES string of the molecule is CCc1ccc(NC(=O)COC(=O)c2ccccc2NCCO)cc1. The fourth-order valence-electron chi connectivity index (χ4n) is 2.24. The molecule has 3 N–H and O–H groups in total. The van der Waals surface area contributed by atoms with Crippen molar-refractivity contribution in [2.75, 3.05) is 30.4 Å². The molecule has 0 radical (unpaired) electrons. The van der Waals surface area contributed by atoms with Crippen LogP contribution in [0.4, 0.5) is 11.4 Å². The number of anilines is 2. The number of benzene rings is 2. The van der Waals surface area contributed by atoms with Crippen molar-refractivity contribution in [1.82, 2.24) is 0 Å². The van der Waals surface area contributed by atoms with Crippen LogP contribution < -0.4 is 10.6 Å². The number of ether oxygens (including phenoxy) is 1. The molecule has 1 amide bonds. The van der Waals surface area contributed by atoms with E-state index in [1.807, 2.05) is 24.3 Å². The van der Waals surface area contributed by atoms with Gasteiger partial charge in [-0.1, -0.05) is 31.2 Å². The Morgan fingerprint density at radius 2 is 1.80 bits per heavy atom. The van der Waals surface area contributed by atoms with Gasteiger partial charge >= 0.3 is 5.97 Å². The Labute approximate surface area is 146 Å². The average Bonchev–Trinajstić information content (AvgIpc) is 2.65. The quantitative estimate of drug-likeness (QED) is 0.642. The van der Waals surface area contributed by atoms with Crippen molar-refractivity contribution in [1.29, 1.82) is 0 Å². The highest BCUT2D eigenvalue weighted by atomic mass is 16.5. The van der Waals surface area contributed by atoms with Gasteiger partial charge in [0.1, 0.15) is 0 Å². The number of esters is 1. The lowest BCUT2D eigenvalue weighted by Crippen LogP contribution is -2.21. The van der Waals surface area contributed by atoms with E-state index < -0.39 is 11.9 Å². The lowest BCUT2D eigenvalue weighted by molar-refractivity contribution is -0.119. The molecule has 0 fully saturated rings. The lowest BCUT2D eigenvalue weighted by Gasteiger charge is -2.11. The standard InChI is InChI=1S/C19H22N2O4/c1-2-14-7-9-15(10-8-14)21-18(23)13-25-19(24)16-5-3-4-6-17(16)20-11-12-22/h3-10,20,22H,2,11-13H2,1H3,(H,21,23). The molecule has 0 heterocycles. The van der Waals surface area contributed by atoms with Crippen LogP contribution in [0, 0.1) is 0 Å². The molecular formula is C19H22N2O4. The fourth-order valence-corrected chi connectivity index (χ4v) is 2.24. The third kappa shape index (κ3) is 5.61. The summed E-state index contributed by atoms with van der Waals surface area (Å²) in [5.41, 5.74) is 2.70. The van der Waals surface area contributed by atoms with Crippen LogP contribution >= 0.6 is 0 Å². The molecular weight excluding hydrogens is 320 g/mol. The number of rotatable bonds is 8. The van der Waals surface area contributed by atoms with Crippen LogP contribution in [0.3, 0.4) is 0 Å². The van der Waals surface area contributed by atoms with Gasteiger partial charge in [0.15, 0.2) is 6.61 Å². The smallest absolute Gasteiger partial charge is 0.340 e. The van der Waals surface area contributed by atoms with E-state index in [0.717, 1.165) is 6.42 Å². The number of aliphatic hydroxyl groups excluding tert-OH is 1. The highest BCUT2D eigenvalue weighted by Gasteiger charge is 2.14. The molecule has 0 atom stereocenters. The van der Waals surface area contributed by atoms with Crippen LogP contribution in [-0.4, -0.2) is 36.7 Å². The summed E-state index contributed by atoms with van der Waals surface area (Å²) < 4.78 is 5.07. The van der Waals surface area contributed by atoms with Gasteiger partial charge in [-0.25, -0.2) is 4.79 Å². The molecule has 0 aliphatic carbocycles. The van der Waals surface area contributed by atoms with Crippen molar-refractivity contribution in [3.8, 4) is 0 Å². The van der Waals surface area contributed by atoms with E-state index in [9.17, 15) is 9.59 Å². The molecule has 2 aromatic carbocycles. The summed E-state index contributed by atoms with van der Waals surface area (Å²) in [5, 5.41) is 14.5. The predicted octanol–water partition coefficient (Wildman–Crippen LogP) is 2.45. The molecule has 2 aromatic rings. The molecule has 0 aliphatic rings. The van der Waals surface area contributed by atoms with Crippen LogP contribution in [-0.2, 0) is 16.0 Å². The van der Waals surface area contributed by atoms with Crippen molar-refractivity contribution in [3.05, 3.63) is 59.7 Å². The Morgan fingerprint density at radius 1 is 1.08 bits per heavy atom. The number of nitrogens with one attached hydrogen (secondary N) is 2. The Balaban J connectivity index is 1.89. The number of hydrogen-bond donors (Lipinski definition) is 3. The highest BCUT2D eigenvalue weighted by Crippen LogP contribution is 2.16. The zero-order chi connectivity index (χ0) is 18.1. The summed E-state index contributed by atoms with van der Waals surface area (Å²) in [6, 6.07) is 14.3. The molecule has 0 aliphatic heterocycles. The second kappa shape index (κ2) is 9.44. The van der Waals surface area contributed by atoms with Gasteiger partial charge in [0.2, 0.25) is 0 Å². The fraction of sp³-hybridized carbons (Fsp3) is 0.263. The van der Waals surface area contributed by atoms with E-state index in [2.05, 4.69) is 17.6 Å². The first kappa shape index (κ1) is 18.5. The molecule has 0 spiro atoms. The molecule has 0 saturated carbocycles. The monoisotopic (exact) mass is 342 g/mol. The van der Waals surface area contributed by atoms with Gasteiger partial charge in [-0.3, -0.25) is 4.79 Å². The second-order valence-electron chi connectivity index (χ2n) is 5.37. The van der Waals surface area contributed by atoms with Crippen molar-refractivity contribution < 1.29 is 19.4 Å². The van der Waals surface area contributed by atoms with Gasteiger partial charge in [-0.05, 0) is 36.2 Å². The van der Waals surface area contributed by atoms with E-state index in [-0.39, 0.29) is 13.2 Å². The van der Waals surface area contributed by atoms with Gasteiger partial charge in [-0.2, -0.15) is 0 Å². The first-order valence-electron chi connectivity index (χ1n) is 8.13. The van der Waals surface area contributed by atoms with Crippen molar-refractivity contribution in [3.63, 3.8) is 0 Å². The van der Waals surface area contributed by atoms with E-state index in [1.165, 1.54) is 5.56 Å². The highest BCUT2D eigenvalue weighted by molar-refractivity contribution is 5.98. The molecule has 0 bridgehead atoms. The molecule has 6 nitrogen and oxygen atoms in total. The molecule has 6 heteroatoms. The summed E-state index contributed by atoms with van der Waals surface area (Å²) in [4.78, 5) is 24.1. The number of para-hydroxylation sites is 1. The van der Waals surface area contributed by atoms with Gasteiger partial charge in [0.25, 0.3) is 5.91 Å². The minimum absolute atomic E-state index is 0.0530. The third-order valence-electron chi connectivity index (χ3n) is 3.55. The van der Waals surface area contributed by atoms with Crippen LogP contribution in [0.5, 0.6) is 0 Å². The zero-order valence-electron chi connectivity index (χ0n) is 14.1. The van der Waals surface area contributed by atoms with E-state index >= 15 is 0 Å². The molecule has 0 aromatic heterocycles. The van der Waals surface area contributed by atoms with E-state index in [1.54, 1.807) is 24.3 Å². The van der Waals surface area contributed by atoms with Gasteiger partial charge in [-0.15, -0.1) is 0 Å². The lowest BCUT2D eigenvalue weighted by atomic mass is 10.1. The molecule has 132 valence electrons. The maximum Gasteiger partial charge on any atom is 0.340 e. The topological polar surface area (TPSA) is 87.7 Å². The summed E-state index contributed by atoms with van der Waals surface area (Å²) in [7, 11) is 0. The van der Waals surface area contributed by atoms with E-state index in [0.29, 0.717) is 23.5 Å². The minimum Gasteiger partial charge on any atom is -0.452 e. The molecule has 2 rings (SSSR count). The zero-order valence-corrected chi connectivity index (χ0v) is 14.1. The normalized spacial score (nSPS) is 10.2. The third-order valence-corrected chi connectivity index (χ3v) is 3.55. The maximum absolute atomic E-state index is 12.2. The van der Waals surface area contributed by atoms with Crippen molar-refractivity contribution in [2.24, 2.45) is 0 Å². The predicted molar refractivity (Wildman–Crippen MR) is 96.7 cm³/mol. The van der Waals surface area contributed by atoms with Crippen LogP contribution in [0.15, 0.2) is 48.5 Å². The number of aliphatic hydroxyl groups is 1. The summed E-state index contributed by atoms with van der Waals surface area (Å²) in [6.45, 7) is 1.95. The summed E-state index contributed by atoms with van der Waals surface area (Å²) in [6.07, 6.45) is 0.926. The van der Waals surface area contributed by atoms with Crippen LogP contribution in [0.2, 0.25) is 0 Å². The molecule has 0 unspecified atom stereocenters. The summed E-state index contributed by atoms with van der Waals surface area (Å²) in [5.74, 6) is -1.00. The van der Waals surface area contributed by atoms with Gasteiger partial charge < -0.3 is 20.5 Å². The van der Waals surface area contributed by atoms with Crippen LogP contribution in [0.25, 0.3) is 0 Å². The number of amides is 1. The Hall–Kier alpha value is -2.86. The van der Waals surface area contributed by atoms with Gasteiger partial charge in [0, 0.05) is 17.9 Å². The maximum atomic E-state index is 12.2. The largest absolute Gasteiger partial charge is 0.452 e. The number of carbonyl (C=O) groups excluding carboxylic acids is 2. The summed E-state index contributed by atoms with van der Waals surface area (Å²) >= 11 is 0. The average molecular weight is 342 g/mol. The molecule has 0 saturated heterocycles. The first-order chi connectivity index (χ1) is 12.1. The van der Waals surface area contributed by atoms with Crippen LogP contribution in [0.1, 0.15) is 22.8 Å². The number of carbonyl (C=O) groups is 2. The number of aryl methyl sites for hydroxylation is 1. The Morgan fingerprint density at radius 3 is 2.48 bits per heavy atom. The van der Waals surface area contributed by atoms with Crippen molar-refractivity contribution >= 4 is 23.3 Å². The van der Waals surface area contributed by atoms with Gasteiger partial charge in [0.05, 0.1) is 12.2 Å². The molecule has 25 heavy (non-hydrogen) atoms. The van der Waals surface area contributed by atoms with Crippen molar-refractivity contribution in [2.45, 2.75) is 13.3 Å². The minimum atomic E-state index is -0.600. The van der Waals surface area contributed by atoms with E-state index in [4.69, 9.17) is 9.84 Å².